The molecule has 0 aromatic heterocycles. The zero-order chi connectivity index (χ0) is 13.3. The number of amides is 1. The highest BCUT2D eigenvalue weighted by atomic mass is 19.1. The van der Waals surface area contributed by atoms with Crippen LogP contribution in [0.3, 0.4) is 0 Å². The van der Waals surface area contributed by atoms with Gasteiger partial charge in [-0.05, 0) is 24.3 Å². The van der Waals surface area contributed by atoms with Crippen LogP contribution in [0.2, 0.25) is 0 Å². The summed E-state index contributed by atoms with van der Waals surface area (Å²) in [6.07, 6.45) is -1.34. The van der Waals surface area contributed by atoms with Crippen molar-refractivity contribution >= 4 is 17.6 Å². The van der Waals surface area contributed by atoms with Gasteiger partial charge in [0.1, 0.15) is 5.82 Å². The van der Waals surface area contributed by atoms with Crippen molar-refractivity contribution in [2.75, 3.05) is 12.4 Å². The number of rotatable bonds is 2. The fraction of sp³-hybridized carbons (Fsp3) is 0.273. The smallest absolute Gasteiger partial charge is 0.341 e. The van der Waals surface area contributed by atoms with E-state index in [1.54, 1.807) is 0 Å². The molecule has 0 bridgehead atoms. The molecule has 1 aliphatic heterocycles. The Labute approximate surface area is 102 Å². The monoisotopic (exact) mass is 254 g/mol. The Morgan fingerprint density at radius 2 is 2.06 bits per heavy atom. The molecule has 0 aliphatic carbocycles. The Morgan fingerprint density at radius 3 is 2.56 bits per heavy atom. The average Bonchev–Trinajstić information content (AvgIpc) is 2.56. The topological polar surface area (TPSA) is 78.9 Å². The maximum atomic E-state index is 12.7. The number of nitrogens with one attached hydrogen (secondary N) is 1. The zero-order valence-electron chi connectivity index (χ0n) is 9.46. The third kappa shape index (κ3) is 2.31. The number of aliphatic hydroxyl groups is 1. The van der Waals surface area contributed by atoms with E-state index in [0.717, 1.165) is 5.06 Å². The maximum absolute atomic E-state index is 12.7. The molecule has 2 rings (SSSR count). The molecule has 0 saturated carbocycles. The van der Waals surface area contributed by atoms with Crippen LogP contribution in [0.1, 0.15) is 0 Å². The van der Waals surface area contributed by atoms with Crippen molar-refractivity contribution < 1.29 is 23.9 Å². The molecule has 0 radical (unpaired) electrons. The summed E-state index contributed by atoms with van der Waals surface area (Å²) in [6.45, 7) is 0. The fourth-order valence-electron chi connectivity index (χ4n) is 1.58. The van der Waals surface area contributed by atoms with E-state index < -0.39 is 29.8 Å². The van der Waals surface area contributed by atoms with Crippen LogP contribution < -0.4 is 5.32 Å². The van der Waals surface area contributed by atoms with Gasteiger partial charge in [-0.15, -0.1) is 5.06 Å². The van der Waals surface area contributed by atoms with Crippen LogP contribution in [-0.2, 0) is 14.4 Å². The van der Waals surface area contributed by atoms with E-state index in [1.807, 2.05) is 0 Å². The number of halogens is 1. The van der Waals surface area contributed by atoms with Gasteiger partial charge in [-0.1, -0.05) is 0 Å². The lowest BCUT2D eigenvalue weighted by molar-refractivity contribution is -0.183. The summed E-state index contributed by atoms with van der Waals surface area (Å²) in [6, 6.07) is 5.05. The van der Waals surface area contributed by atoms with Crippen LogP contribution in [0.5, 0.6) is 0 Å². The second kappa shape index (κ2) is 4.71. The van der Waals surface area contributed by atoms with Crippen LogP contribution >= 0.6 is 0 Å². The second-order valence-corrected chi connectivity index (χ2v) is 3.84. The first kappa shape index (κ1) is 12.5. The summed E-state index contributed by atoms with van der Waals surface area (Å²) in [4.78, 5) is 27.7. The number of aliphatic hydroxyl groups excluding tert-OH is 1. The highest BCUT2D eigenvalue weighted by Crippen LogP contribution is 2.21. The second-order valence-electron chi connectivity index (χ2n) is 3.84. The first-order valence-electron chi connectivity index (χ1n) is 5.18. The van der Waals surface area contributed by atoms with E-state index in [2.05, 4.69) is 10.2 Å². The van der Waals surface area contributed by atoms with E-state index in [0.29, 0.717) is 5.69 Å². The molecule has 2 atom stereocenters. The van der Waals surface area contributed by atoms with Crippen molar-refractivity contribution in [1.29, 1.82) is 0 Å². The fourth-order valence-corrected chi connectivity index (χ4v) is 1.58. The number of nitrogens with zero attached hydrogens (tertiary/aromatic N) is 1. The molecule has 1 heterocycles. The lowest BCUT2D eigenvalue weighted by Crippen LogP contribution is -2.37. The molecule has 96 valence electrons. The highest BCUT2D eigenvalue weighted by molar-refractivity contribution is 6.05. The SMILES string of the molecule is CN1OC(=O)C(C(=O)Nc2ccc(F)cc2)C1O. The molecule has 18 heavy (non-hydrogen) atoms. The zero-order valence-corrected chi connectivity index (χ0v) is 9.46. The Kier molecular flexibility index (Phi) is 3.26. The summed E-state index contributed by atoms with van der Waals surface area (Å²) in [7, 11) is 1.34. The lowest BCUT2D eigenvalue weighted by atomic mass is 10.1. The number of anilines is 1. The van der Waals surface area contributed by atoms with E-state index in [-0.39, 0.29) is 0 Å². The molecule has 2 unspecified atom stereocenters. The van der Waals surface area contributed by atoms with Crippen molar-refractivity contribution in [3.8, 4) is 0 Å². The molecule has 1 aromatic carbocycles. The highest BCUT2D eigenvalue weighted by Gasteiger charge is 2.45. The Morgan fingerprint density at radius 1 is 1.44 bits per heavy atom. The van der Waals surface area contributed by atoms with Gasteiger partial charge in [-0.3, -0.25) is 4.79 Å². The molecule has 1 saturated heterocycles. The van der Waals surface area contributed by atoms with Gasteiger partial charge in [0.2, 0.25) is 5.91 Å². The Balaban J connectivity index is 2.08. The number of carbonyl (C=O) groups excluding carboxylic acids is 2. The van der Waals surface area contributed by atoms with Gasteiger partial charge < -0.3 is 15.3 Å². The van der Waals surface area contributed by atoms with Gasteiger partial charge >= 0.3 is 5.97 Å². The summed E-state index contributed by atoms with van der Waals surface area (Å²) in [5.41, 5.74) is 0.330. The number of hydrogen-bond donors (Lipinski definition) is 2. The molecule has 2 N–H and O–H groups in total. The first-order chi connectivity index (χ1) is 8.49. The maximum Gasteiger partial charge on any atom is 0.341 e. The lowest BCUT2D eigenvalue weighted by Gasteiger charge is -2.13. The quantitative estimate of drug-likeness (QED) is 0.732. The van der Waals surface area contributed by atoms with E-state index in [1.165, 1.54) is 31.3 Å². The summed E-state index contributed by atoms with van der Waals surface area (Å²) in [5, 5.41) is 12.9. The largest absolute Gasteiger partial charge is 0.374 e. The standard InChI is InChI=1S/C11H11FN2O4/c1-14-10(16)8(11(17)18-14)9(15)13-7-4-2-6(12)3-5-7/h2-5,8,10,16H,1H3,(H,13,15). The van der Waals surface area contributed by atoms with Crippen LogP contribution in [0.15, 0.2) is 24.3 Å². The minimum absolute atomic E-state index is 0.330. The van der Waals surface area contributed by atoms with Gasteiger partial charge in [0.05, 0.1) is 0 Å². The molecule has 1 aromatic rings. The summed E-state index contributed by atoms with van der Waals surface area (Å²) in [5.74, 6) is -3.29. The molecule has 0 spiro atoms. The van der Waals surface area contributed by atoms with E-state index in [9.17, 15) is 19.1 Å². The average molecular weight is 254 g/mol. The van der Waals surface area contributed by atoms with Crippen LogP contribution in [0, 0.1) is 11.7 Å². The van der Waals surface area contributed by atoms with Crippen LogP contribution in [0.4, 0.5) is 10.1 Å². The third-order valence-corrected chi connectivity index (χ3v) is 2.55. The minimum atomic E-state index is -1.34. The molecule has 7 heteroatoms. The van der Waals surface area contributed by atoms with Crippen molar-refractivity contribution in [3.05, 3.63) is 30.1 Å². The van der Waals surface area contributed by atoms with E-state index >= 15 is 0 Å². The predicted molar refractivity (Wildman–Crippen MR) is 58.4 cm³/mol. The van der Waals surface area contributed by atoms with Gasteiger partial charge in [-0.2, -0.15) is 0 Å². The summed E-state index contributed by atoms with van der Waals surface area (Å²) >= 11 is 0. The predicted octanol–water partition coefficient (Wildman–Crippen LogP) is 0.102. The van der Waals surface area contributed by atoms with Gasteiger partial charge in [0, 0.05) is 12.7 Å². The minimum Gasteiger partial charge on any atom is -0.374 e. The molecular weight excluding hydrogens is 243 g/mol. The molecule has 6 nitrogen and oxygen atoms in total. The van der Waals surface area contributed by atoms with Crippen molar-refractivity contribution in [3.63, 3.8) is 0 Å². The molecule has 1 fully saturated rings. The first-order valence-corrected chi connectivity index (χ1v) is 5.18. The number of benzene rings is 1. The Hall–Kier alpha value is -1.99. The molecular formula is C11H11FN2O4. The van der Waals surface area contributed by atoms with E-state index in [4.69, 9.17) is 0 Å². The number of carbonyl (C=O) groups is 2. The van der Waals surface area contributed by atoms with Crippen molar-refractivity contribution in [2.45, 2.75) is 6.23 Å². The van der Waals surface area contributed by atoms with Gasteiger partial charge in [-0.25, -0.2) is 9.18 Å². The number of hydrogen-bond acceptors (Lipinski definition) is 5. The Bertz CT molecular complexity index is 476. The van der Waals surface area contributed by atoms with Gasteiger partial charge in [0.25, 0.3) is 0 Å². The van der Waals surface area contributed by atoms with Crippen molar-refractivity contribution in [2.24, 2.45) is 5.92 Å². The normalized spacial score (nSPS) is 23.8. The molecule has 1 aliphatic rings. The van der Waals surface area contributed by atoms with Crippen LogP contribution in [-0.4, -0.2) is 35.3 Å². The summed E-state index contributed by atoms with van der Waals surface area (Å²) < 4.78 is 12.7. The van der Waals surface area contributed by atoms with Crippen LogP contribution in [0.25, 0.3) is 0 Å². The van der Waals surface area contributed by atoms with Gasteiger partial charge in [0.15, 0.2) is 12.1 Å². The number of hydroxylamine groups is 2. The third-order valence-electron chi connectivity index (χ3n) is 2.55. The van der Waals surface area contributed by atoms with Crippen molar-refractivity contribution in [1.82, 2.24) is 5.06 Å². The molecule has 1 amide bonds.